The quantitative estimate of drug-likeness (QED) is 0.775. The van der Waals surface area contributed by atoms with Crippen molar-refractivity contribution in [3.8, 4) is 16.9 Å². The van der Waals surface area contributed by atoms with E-state index in [1.165, 1.54) is 5.56 Å². The normalized spacial score (nSPS) is 15.7. The van der Waals surface area contributed by atoms with Crippen molar-refractivity contribution in [3.05, 3.63) is 48.5 Å². The van der Waals surface area contributed by atoms with E-state index in [9.17, 15) is 4.79 Å². The lowest BCUT2D eigenvalue weighted by Crippen LogP contribution is -2.28. The van der Waals surface area contributed by atoms with Gasteiger partial charge in [-0.15, -0.1) is 0 Å². The second kappa shape index (κ2) is 7.13. The van der Waals surface area contributed by atoms with E-state index in [1.54, 1.807) is 13.3 Å². The Labute approximate surface area is 151 Å². The van der Waals surface area contributed by atoms with E-state index in [-0.39, 0.29) is 5.91 Å². The molecule has 3 aromatic rings. The van der Waals surface area contributed by atoms with Gasteiger partial charge in [0, 0.05) is 68.5 Å². The van der Waals surface area contributed by atoms with Gasteiger partial charge in [-0.1, -0.05) is 6.07 Å². The van der Waals surface area contributed by atoms with Crippen molar-refractivity contribution < 1.29 is 9.53 Å². The number of imidazole rings is 1. The number of carbonyl (C=O) groups is 1. The molecule has 1 saturated heterocycles. The molecular formula is C19H21N5O2. The molecule has 0 spiro atoms. The van der Waals surface area contributed by atoms with Gasteiger partial charge in [-0.05, 0) is 17.7 Å². The molecule has 1 fully saturated rings. The van der Waals surface area contributed by atoms with Crippen LogP contribution < -0.4 is 10.1 Å². The lowest BCUT2D eigenvalue weighted by molar-refractivity contribution is -0.120. The molecule has 0 bridgehead atoms. The molecule has 7 heteroatoms. The summed E-state index contributed by atoms with van der Waals surface area (Å²) in [5, 5.41) is 2.91. The summed E-state index contributed by atoms with van der Waals surface area (Å²) in [7, 11) is 1.67. The highest BCUT2D eigenvalue weighted by molar-refractivity contribution is 5.76. The third-order valence-corrected chi connectivity index (χ3v) is 4.63. The number of hydrogen-bond donors (Lipinski definition) is 1. The number of amides is 1. The summed E-state index contributed by atoms with van der Waals surface area (Å²) in [6, 6.07) is 6.20. The van der Waals surface area contributed by atoms with Gasteiger partial charge in [-0.3, -0.25) is 14.1 Å². The van der Waals surface area contributed by atoms with E-state index in [4.69, 9.17) is 4.74 Å². The van der Waals surface area contributed by atoms with Gasteiger partial charge in [0.1, 0.15) is 5.75 Å². The van der Waals surface area contributed by atoms with E-state index in [0.717, 1.165) is 36.5 Å². The topological polar surface area (TPSA) is 71.8 Å². The number of carbonyl (C=O) groups excluding carboxylic acids is 1. The van der Waals surface area contributed by atoms with Crippen LogP contribution in [0.5, 0.6) is 5.75 Å². The van der Waals surface area contributed by atoms with Crippen LogP contribution in [-0.2, 0) is 11.3 Å². The molecule has 7 nitrogen and oxygen atoms in total. The van der Waals surface area contributed by atoms with Crippen LogP contribution in [0.3, 0.4) is 0 Å². The minimum absolute atomic E-state index is 0.127. The molecule has 134 valence electrons. The summed E-state index contributed by atoms with van der Waals surface area (Å²) < 4.78 is 7.45. The van der Waals surface area contributed by atoms with Gasteiger partial charge in [0.2, 0.25) is 11.7 Å². The fourth-order valence-electron chi connectivity index (χ4n) is 3.26. The lowest BCUT2D eigenvalue weighted by atomic mass is 10.0. The summed E-state index contributed by atoms with van der Waals surface area (Å²) in [5.41, 5.74) is 3.15. The van der Waals surface area contributed by atoms with Gasteiger partial charge >= 0.3 is 0 Å². The minimum atomic E-state index is 0.127. The van der Waals surface area contributed by atoms with Gasteiger partial charge in [-0.2, -0.15) is 0 Å². The van der Waals surface area contributed by atoms with Gasteiger partial charge < -0.3 is 10.1 Å². The third kappa shape index (κ3) is 3.39. The molecule has 1 aliphatic heterocycles. The zero-order valence-corrected chi connectivity index (χ0v) is 14.7. The molecule has 0 atom stereocenters. The second-order valence-electron chi connectivity index (χ2n) is 6.39. The largest absolute Gasteiger partial charge is 0.496 e. The van der Waals surface area contributed by atoms with Crippen LogP contribution in [0.2, 0.25) is 0 Å². The fourth-order valence-corrected chi connectivity index (χ4v) is 3.26. The monoisotopic (exact) mass is 351 g/mol. The standard InChI is InChI=1S/C19H21N5O2/c1-26-17-3-2-14(12-23-7-4-18(25)20-5-8-23)10-16(17)15-11-22-19-21-6-9-24(19)13-15/h2-3,6,9-11,13H,4-5,7-8,12H2,1H3,(H,20,25). The molecule has 0 radical (unpaired) electrons. The molecule has 1 amide bonds. The van der Waals surface area contributed by atoms with Crippen LogP contribution in [0, 0.1) is 0 Å². The first-order valence-corrected chi connectivity index (χ1v) is 8.68. The maximum atomic E-state index is 11.5. The highest BCUT2D eigenvalue weighted by atomic mass is 16.5. The predicted octanol–water partition coefficient (Wildman–Crippen LogP) is 1.73. The van der Waals surface area contributed by atoms with Crippen molar-refractivity contribution in [1.82, 2.24) is 24.6 Å². The van der Waals surface area contributed by atoms with Crippen molar-refractivity contribution in [2.75, 3.05) is 26.7 Å². The highest BCUT2D eigenvalue weighted by Crippen LogP contribution is 2.31. The zero-order chi connectivity index (χ0) is 17.9. The minimum Gasteiger partial charge on any atom is -0.496 e. The Kier molecular flexibility index (Phi) is 4.53. The van der Waals surface area contributed by atoms with Crippen molar-refractivity contribution in [2.45, 2.75) is 13.0 Å². The van der Waals surface area contributed by atoms with E-state index < -0.39 is 0 Å². The Hall–Kier alpha value is -2.93. The first kappa shape index (κ1) is 16.5. The van der Waals surface area contributed by atoms with Gasteiger partial charge in [0.25, 0.3) is 0 Å². The molecule has 1 N–H and O–H groups in total. The SMILES string of the molecule is COc1ccc(CN2CCNC(=O)CC2)cc1-c1cnc2nccn2c1. The van der Waals surface area contributed by atoms with Crippen LogP contribution in [0.4, 0.5) is 0 Å². The average molecular weight is 351 g/mol. The molecule has 1 aromatic carbocycles. The van der Waals surface area contributed by atoms with Gasteiger partial charge in [0.05, 0.1) is 7.11 Å². The smallest absolute Gasteiger partial charge is 0.233 e. The summed E-state index contributed by atoms with van der Waals surface area (Å²) >= 11 is 0. The number of hydrogen-bond acceptors (Lipinski definition) is 5. The van der Waals surface area contributed by atoms with Crippen LogP contribution >= 0.6 is 0 Å². The Morgan fingerprint density at radius 3 is 3.08 bits per heavy atom. The Morgan fingerprint density at radius 1 is 1.27 bits per heavy atom. The Bertz CT molecular complexity index is 937. The van der Waals surface area contributed by atoms with Crippen molar-refractivity contribution >= 4 is 11.7 Å². The number of ether oxygens (including phenoxy) is 1. The van der Waals surface area contributed by atoms with Crippen molar-refractivity contribution in [2.24, 2.45) is 0 Å². The van der Waals surface area contributed by atoms with Crippen LogP contribution in [-0.4, -0.2) is 51.9 Å². The number of methoxy groups -OCH3 is 1. The molecule has 26 heavy (non-hydrogen) atoms. The first-order valence-electron chi connectivity index (χ1n) is 8.68. The fraction of sp³-hybridized carbons (Fsp3) is 0.316. The summed E-state index contributed by atoms with van der Waals surface area (Å²) in [6.45, 7) is 3.13. The summed E-state index contributed by atoms with van der Waals surface area (Å²) in [4.78, 5) is 22.4. The summed E-state index contributed by atoms with van der Waals surface area (Å²) in [5.74, 6) is 1.61. The van der Waals surface area contributed by atoms with Crippen LogP contribution in [0.15, 0.2) is 43.0 Å². The van der Waals surface area contributed by atoms with Crippen LogP contribution in [0.25, 0.3) is 16.9 Å². The third-order valence-electron chi connectivity index (χ3n) is 4.63. The number of nitrogens with one attached hydrogen (secondary N) is 1. The number of aromatic nitrogens is 3. The molecule has 0 aliphatic carbocycles. The van der Waals surface area contributed by atoms with Crippen molar-refractivity contribution in [1.29, 1.82) is 0 Å². The molecule has 3 heterocycles. The lowest BCUT2D eigenvalue weighted by Gasteiger charge is -2.20. The van der Waals surface area contributed by atoms with Gasteiger partial charge in [0.15, 0.2) is 0 Å². The maximum absolute atomic E-state index is 11.5. The zero-order valence-electron chi connectivity index (χ0n) is 14.7. The average Bonchev–Trinajstić information content (AvgIpc) is 3.04. The number of nitrogens with zero attached hydrogens (tertiary/aromatic N) is 4. The second-order valence-corrected chi connectivity index (χ2v) is 6.39. The molecule has 2 aromatic heterocycles. The summed E-state index contributed by atoms with van der Waals surface area (Å²) in [6.07, 6.45) is 7.98. The number of fused-ring (bicyclic) bond motifs is 1. The molecule has 0 unspecified atom stereocenters. The van der Waals surface area contributed by atoms with E-state index >= 15 is 0 Å². The van der Waals surface area contributed by atoms with E-state index in [2.05, 4.69) is 32.3 Å². The Morgan fingerprint density at radius 2 is 2.19 bits per heavy atom. The maximum Gasteiger partial charge on any atom is 0.233 e. The molecule has 4 rings (SSSR count). The first-order chi connectivity index (χ1) is 12.7. The van der Waals surface area contributed by atoms with Crippen molar-refractivity contribution in [3.63, 3.8) is 0 Å². The number of rotatable bonds is 4. The number of benzene rings is 1. The molecular weight excluding hydrogens is 330 g/mol. The Balaban J connectivity index is 1.63. The van der Waals surface area contributed by atoms with E-state index in [1.807, 2.05) is 29.1 Å². The van der Waals surface area contributed by atoms with Gasteiger partial charge in [-0.25, -0.2) is 9.97 Å². The molecule has 1 aliphatic rings. The van der Waals surface area contributed by atoms with Crippen LogP contribution in [0.1, 0.15) is 12.0 Å². The highest BCUT2D eigenvalue weighted by Gasteiger charge is 2.15. The predicted molar refractivity (Wildman–Crippen MR) is 97.9 cm³/mol. The van der Waals surface area contributed by atoms with E-state index in [0.29, 0.717) is 18.7 Å². The molecule has 0 saturated carbocycles.